The molecule has 1 aromatic carbocycles. The van der Waals surface area contributed by atoms with Gasteiger partial charge >= 0.3 is 0 Å². The summed E-state index contributed by atoms with van der Waals surface area (Å²) < 4.78 is 1.08. The Morgan fingerprint density at radius 2 is 1.85 bits per heavy atom. The molecular formula is C15H18BrN3S. The molecule has 0 aliphatic rings. The van der Waals surface area contributed by atoms with E-state index in [4.69, 9.17) is 0 Å². The minimum atomic E-state index is -0.0733. The first kappa shape index (κ1) is 15.3. The molecule has 0 fully saturated rings. The Balaban J connectivity index is 2.39. The number of aromatic nitrogens is 2. The van der Waals surface area contributed by atoms with Crippen molar-refractivity contribution in [2.24, 2.45) is 0 Å². The van der Waals surface area contributed by atoms with Crippen LogP contribution >= 0.6 is 27.7 Å². The van der Waals surface area contributed by atoms with E-state index < -0.39 is 0 Å². The number of hydrogen-bond donors (Lipinski definition) is 1. The minimum absolute atomic E-state index is 0.0733. The van der Waals surface area contributed by atoms with Crippen LogP contribution in [-0.2, 0) is 5.41 Å². The number of hydrogen-bond acceptors (Lipinski definition) is 4. The Morgan fingerprint density at radius 3 is 2.45 bits per heavy atom. The maximum absolute atomic E-state index is 4.68. The Hall–Kier alpha value is -1.07. The molecule has 20 heavy (non-hydrogen) atoms. The van der Waals surface area contributed by atoms with Gasteiger partial charge in [-0.15, -0.1) is 0 Å². The Kier molecular flexibility index (Phi) is 4.70. The van der Waals surface area contributed by atoms with Crippen molar-refractivity contribution in [3.05, 3.63) is 40.6 Å². The predicted octanol–water partition coefficient (Wildman–Crippen LogP) is 4.73. The van der Waals surface area contributed by atoms with Gasteiger partial charge in [-0.2, -0.15) is 0 Å². The van der Waals surface area contributed by atoms with Crippen molar-refractivity contribution in [2.75, 3.05) is 12.4 Å². The third-order valence-corrected chi connectivity index (χ3v) is 4.63. The topological polar surface area (TPSA) is 37.8 Å². The number of nitrogens with one attached hydrogen (secondary N) is 1. The van der Waals surface area contributed by atoms with Gasteiger partial charge in [0.2, 0.25) is 0 Å². The van der Waals surface area contributed by atoms with Crippen LogP contribution in [0.25, 0.3) is 0 Å². The fourth-order valence-electron chi connectivity index (χ4n) is 1.58. The van der Waals surface area contributed by atoms with Crippen molar-refractivity contribution in [3.63, 3.8) is 0 Å². The largest absolute Gasteiger partial charge is 0.373 e. The lowest BCUT2D eigenvalue weighted by Gasteiger charge is -2.18. The second-order valence-corrected chi connectivity index (χ2v) is 7.36. The molecule has 1 heterocycles. The molecule has 0 amide bonds. The van der Waals surface area contributed by atoms with Crippen molar-refractivity contribution < 1.29 is 0 Å². The average molecular weight is 352 g/mol. The first-order valence-corrected chi connectivity index (χ1v) is 8.01. The van der Waals surface area contributed by atoms with Gasteiger partial charge in [0, 0.05) is 27.9 Å². The first-order valence-electron chi connectivity index (χ1n) is 6.40. The van der Waals surface area contributed by atoms with Gasteiger partial charge in [-0.1, -0.05) is 44.7 Å². The third kappa shape index (κ3) is 3.73. The standard InChI is InChI=1S/C15H18BrN3S/c1-15(2,3)14-18-12(17-4)9-13(19-14)20-11-8-6-5-7-10(11)16/h5-9H,1-4H3,(H,17,18,19). The smallest absolute Gasteiger partial charge is 0.137 e. The zero-order valence-corrected chi connectivity index (χ0v) is 14.5. The summed E-state index contributed by atoms with van der Waals surface area (Å²) in [6.07, 6.45) is 0. The number of anilines is 1. The number of rotatable bonds is 3. The van der Waals surface area contributed by atoms with Gasteiger partial charge in [-0.25, -0.2) is 9.97 Å². The van der Waals surface area contributed by atoms with Gasteiger partial charge in [0.05, 0.1) is 0 Å². The highest BCUT2D eigenvalue weighted by atomic mass is 79.9. The molecule has 2 aromatic rings. The normalized spacial score (nSPS) is 11.4. The van der Waals surface area contributed by atoms with Crippen LogP contribution < -0.4 is 5.32 Å². The van der Waals surface area contributed by atoms with Crippen molar-refractivity contribution in [2.45, 2.75) is 36.1 Å². The lowest BCUT2D eigenvalue weighted by Crippen LogP contribution is -2.17. The Labute approximate surface area is 132 Å². The van der Waals surface area contributed by atoms with Crippen molar-refractivity contribution in [3.8, 4) is 0 Å². The van der Waals surface area contributed by atoms with E-state index in [9.17, 15) is 0 Å². The van der Waals surface area contributed by atoms with Gasteiger partial charge in [0.25, 0.3) is 0 Å². The molecule has 1 N–H and O–H groups in total. The molecule has 2 rings (SSSR count). The average Bonchev–Trinajstić information content (AvgIpc) is 2.40. The SMILES string of the molecule is CNc1cc(Sc2ccccc2Br)nc(C(C)(C)C)n1. The quantitative estimate of drug-likeness (QED) is 0.811. The van der Waals surface area contributed by atoms with Gasteiger partial charge in [0.1, 0.15) is 16.7 Å². The van der Waals surface area contributed by atoms with Gasteiger partial charge in [-0.05, 0) is 28.1 Å². The van der Waals surface area contributed by atoms with E-state index in [0.717, 1.165) is 26.0 Å². The molecule has 5 heteroatoms. The predicted molar refractivity (Wildman–Crippen MR) is 88.5 cm³/mol. The summed E-state index contributed by atoms with van der Waals surface area (Å²) in [5.41, 5.74) is -0.0733. The van der Waals surface area contributed by atoms with Crippen LogP contribution in [0, 0.1) is 0 Å². The molecule has 0 saturated heterocycles. The monoisotopic (exact) mass is 351 g/mol. The Bertz CT molecular complexity index is 608. The highest BCUT2D eigenvalue weighted by molar-refractivity contribution is 9.10. The zero-order chi connectivity index (χ0) is 14.8. The van der Waals surface area contributed by atoms with E-state index in [0.29, 0.717) is 0 Å². The maximum atomic E-state index is 4.68. The van der Waals surface area contributed by atoms with E-state index in [2.05, 4.69) is 58.1 Å². The highest BCUT2D eigenvalue weighted by Crippen LogP contribution is 2.34. The van der Waals surface area contributed by atoms with Crippen LogP contribution in [0.5, 0.6) is 0 Å². The van der Waals surface area contributed by atoms with Gasteiger partial charge < -0.3 is 5.32 Å². The van der Waals surface area contributed by atoms with E-state index in [1.165, 1.54) is 0 Å². The second kappa shape index (κ2) is 6.14. The highest BCUT2D eigenvalue weighted by Gasteiger charge is 2.19. The summed E-state index contributed by atoms with van der Waals surface area (Å²) in [4.78, 5) is 10.4. The van der Waals surface area contributed by atoms with E-state index in [-0.39, 0.29) is 5.41 Å². The van der Waals surface area contributed by atoms with Crippen LogP contribution in [-0.4, -0.2) is 17.0 Å². The molecule has 0 aliphatic heterocycles. The lowest BCUT2D eigenvalue weighted by atomic mass is 9.96. The maximum Gasteiger partial charge on any atom is 0.137 e. The summed E-state index contributed by atoms with van der Waals surface area (Å²) in [7, 11) is 1.88. The molecule has 0 radical (unpaired) electrons. The minimum Gasteiger partial charge on any atom is -0.373 e. The summed E-state index contributed by atoms with van der Waals surface area (Å²) in [5, 5.41) is 4.05. The third-order valence-electron chi connectivity index (χ3n) is 2.68. The van der Waals surface area contributed by atoms with Crippen LogP contribution in [0.3, 0.4) is 0 Å². The molecule has 0 bridgehead atoms. The molecule has 106 valence electrons. The second-order valence-electron chi connectivity index (χ2n) is 5.45. The van der Waals surface area contributed by atoms with Crippen molar-refractivity contribution in [1.29, 1.82) is 0 Å². The molecule has 0 saturated carbocycles. The van der Waals surface area contributed by atoms with Crippen LogP contribution in [0.1, 0.15) is 26.6 Å². The van der Waals surface area contributed by atoms with E-state index in [1.54, 1.807) is 11.8 Å². The molecule has 0 unspecified atom stereocenters. The fraction of sp³-hybridized carbons (Fsp3) is 0.333. The van der Waals surface area contributed by atoms with Crippen molar-refractivity contribution >= 4 is 33.5 Å². The number of nitrogens with zero attached hydrogens (tertiary/aromatic N) is 2. The van der Waals surface area contributed by atoms with Crippen LogP contribution in [0.15, 0.2) is 44.7 Å². The fourth-order valence-corrected chi connectivity index (χ4v) is 2.95. The summed E-state index contributed by atoms with van der Waals surface area (Å²) in [6.45, 7) is 6.36. The van der Waals surface area contributed by atoms with Crippen LogP contribution in [0.2, 0.25) is 0 Å². The van der Waals surface area contributed by atoms with E-state index >= 15 is 0 Å². The number of benzene rings is 1. The zero-order valence-electron chi connectivity index (χ0n) is 12.1. The first-order chi connectivity index (χ1) is 9.40. The van der Waals surface area contributed by atoms with Gasteiger partial charge in [-0.3, -0.25) is 0 Å². The van der Waals surface area contributed by atoms with Crippen molar-refractivity contribution in [1.82, 2.24) is 9.97 Å². The lowest BCUT2D eigenvalue weighted by molar-refractivity contribution is 0.539. The van der Waals surface area contributed by atoms with E-state index in [1.807, 2.05) is 31.3 Å². The Morgan fingerprint density at radius 1 is 1.15 bits per heavy atom. The molecule has 0 atom stereocenters. The summed E-state index contributed by atoms with van der Waals surface area (Å²) in [5.74, 6) is 1.69. The summed E-state index contributed by atoms with van der Waals surface area (Å²) >= 11 is 5.20. The number of halogens is 1. The molecule has 1 aromatic heterocycles. The molecule has 0 aliphatic carbocycles. The van der Waals surface area contributed by atoms with Crippen LogP contribution in [0.4, 0.5) is 5.82 Å². The molecule has 3 nitrogen and oxygen atoms in total. The molecule has 0 spiro atoms. The van der Waals surface area contributed by atoms with Gasteiger partial charge in [0.15, 0.2) is 0 Å². The summed E-state index contributed by atoms with van der Waals surface area (Å²) in [6, 6.07) is 10.1. The molecular weight excluding hydrogens is 334 g/mol.